The fourth-order valence-corrected chi connectivity index (χ4v) is 2.73. The van der Waals surface area contributed by atoms with E-state index in [1.54, 1.807) is 12.1 Å². The quantitative estimate of drug-likeness (QED) is 0.879. The first-order valence-corrected chi connectivity index (χ1v) is 7.72. The third kappa shape index (κ3) is 4.27. The van der Waals surface area contributed by atoms with Crippen LogP contribution in [-0.2, 0) is 14.3 Å². The van der Waals surface area contributed by atoms with Crippen LogP contribution in [0.1, 0.15) is 38.7 Å². The number of nitrogens with one attached hydrogen (secondary N) is 1. The zero-order valence-electron chi connectivity index (χ0n) is 13.4. The normalized spacial score (nSPS) is 18.4. The molecule has 1 atom stereocenters. The Morgan fingerprint density at radius 2 is 1.86 bits per heavy atom. The number of hydrogen-bond acceptors (Lipinski definition) is 3. The summed E-state index contributed by atoms with van der Waals surface area (Å²) in [5.74, 6) is -1.12. The molecule has 1 heterocycles. The first kappa shape index (κ1) is 16.9. The van der Waals surface area contributed by atoms with Crippen LogP contribution in [0, 0.1) is 11.7 Å². The predicted octanol–water partition coefficient (Wildman–Crippen LogP) is 2.83. The Morgan fingerprint density at radius 3 is 2.41 bits per heavy atom. The van der Waals surface area contributed by atoms with Crippen LogP contribution in [-0.4, -0.2) is 31.5 Å². The van der Waals surface area contributed by atoms with Crippen molar-refractivity contribution in [3.8, 4) is 0 Å². The van der Waals surface area contributed by atoms with Gasteiger partial charge in [-0.2, -0.15) is 0 Å². The Hall–Kier alpha value is -1.46. The minimum Gasteiger partial charge on any atom is -0.355 e. The largest absolute Gasteiger partial charge is 0.355 e. The van der Waals surface area contributed by atoms with Gasteiger partial charge < -0.3 is 14.8 Å². The summed E-state index contributed by atoms with van der Waals surface area (Å²) >= 11 is 0. The van der Waals surface area contributed by atoms with Gasteiger partial charge in [0, 0.05) is 13.0 Å². The van der Waals surface area contributed by atoms with E-state index in [-0.39, 0.29) is 23.6 Å². The molecule has 5 heteroatoms. The van der Waals surface area contributed by atoms with Gasteiger partial charge in [-0.25, -0.2) is 4.39 Å². The van der Waals surface area contributed by atoms with Crippen LogP contribution in [0.2, 0.25) is 0 Å². The minimum atomic E-state index is -0.601. The smallest absolute Gasteiger partial charge is 0.227 e. The van der Waals surface area contributed by atoms with Gasteiger partial charge in [-0.3, -0.25) is 4.79 Å². The molecule has 4 nitrogen and oxygen atoms in total. The van der Waals surface area contributed by atoms with Gasteiger partial charge in [0.25, 0.3) is 0 Å². The van der Waals surface area contributed by atoms with Crippen molar-refractivity contribution in [2.75, 3.05) is 19.8 Å². The van der Waals surface area contributed by atoms with Crippen molar-refractivity contribution in [2.24, 2.45) is 5.92 Å². The van der Waals surface area contributed by atoms with Crippen molar-refractivity contribution in [2.45, 2.75) is 38.9 Å². The molecule has 0 radical (unpaired) electrons. The molecule has 0 saturated carbocycles. The van der Waals surface area contributed by atoms with Gasteiger partial charge in [0.2, 0.25) is 5.91 Å². The summed E-state index contributed by atoms with van der Waals surface area (Å²) < 4.78 is 24.1. The van der Waals surface area contributed by atoms with E-state index >= 15 is 0 Å². The molecule has 1 aromatic carbocycles. The maximum absolute atomic E-state index is 13.0. The van der Waals surface area contributed by atoms with Crippen LogP contribution >= 0.6 is 0 Å². The molecular weight excluding hydrogens is 285 g/mol. The second kappa shape index (κ2) is 7.20. The summed E-state index contributed by atoms with van der Waals surface area (Å²) in [4.78, 5) is 12.5. The van der Waals surface area contributed by atoms with Gasteiger partial charge in [-0.05, 0) is 30.5 Å². The molecule has 122 valence electrons. The molecule has 1 aromatic rings. The first-order valence-electron chi connectivity index (χ1n) is 7.72. The molecule has 0 aliphatic carbocycles. The monoisotopic (exact) mass is 309 g/mol. The highest BCUT2D eigenvalue weighted by Crippen LogP contribution is 2.26. The maximum Gasteiger partial charge on any atom is 0.227 e. The van der Waals surface area contributed by atoms with E-state index in [4.69, 9.17) is 9.47 Å². The van der Waals surface area contributed by atoms with Crippen LogP contribution in [0.4, 0.5) is 4.39 Å². The lowest BCUT2D eigenvalue weighted by molar-refractivity contribution is -0.146. The molecule has 0 spiro atoms. The lowest BCUT2D eigenvalue weighted by Crippen LogP contribution is -2.37. The number of benzene rings is 1. The number of amides is 1. The average Bonchev–Trinajstić information content (AvgIpc) is 2.88. The Balaban J connectivity index is 1.93. The van der Waals surface area contributed by atoms with E-state index in [1.807, 2.05) is 20.8 Å². The molecule has 1 fully saturated rings. The zero-order chi connectivity index (χ0) is 16.2. The van der Waals surface area contributed by atoms with Gasteiger partial charge in [-0.15, -0.1) is 0 Å². The summed E-state index contributed by atoms with van der Waals surface area (Å²) in [5.41, 5.74) is 0.827. The van der Waals surface area contributed by atoms with Crippen LogP contribution in [0.25, 0.3) is 0 Å². The predicted molar refractivity (Wildman–Crippen MR) is 81.9 cm³/mol. The number of ether oxygens (including phenoxy) is 2. The van der Waals surface area contributed by atoms with Crippen molar-refractivity contribution in [3.05, 3.63) is 35.6 Å². The summed E-state index contributed by atoms with van der Waals surface area (Å²) in [7, 11) is 0. The first-order chi connectivity index (χ1) is 10.4. The second-order valence-corrected chi connectivity index (χ2v) is 6.15. The number of carbonyl (C=O) groups is 1. The molecule has 2 rings (SSSR count). The van der Waals surface area contributed by atoms with Crippen LogP contribution in [0.3, 0.4) is 0 Å². The maximum atomic E-state index is 13.0. The number of rotatable bonds is 6. The van der Waals surface area contributed by atoms with Crippen molar-refractivity contribution >= 4 is 5.91 Å². The standard InChI is InChI=1S/C17H24FNO3/c1-12(2)15(13-4-6-14(18)7-5-13)16(20)19-9-8-17(3)21-10-11-22-17/h4-7,12,15H,8-11H2,1-3H3,(H,19,20). The molecule has 0 bridgehead atoms. The summed E-state index contributed by atoms with van der Waals surface area (Å²) in [6, 6.07) is 6.12. The number of carbonyl (C=O) groups excluding carboxylic acids is 1. The third-order valence-corrected chi connectivity index (χ3v) is 3.95. The minimum absolute atomic E-state index is 0.0526. The Bertz CT molecular complexity index is 495. The lowest BCUT2D eigenvalue weighted by atomic mass is 9.87. The highest BCUT2D eigenvalue weighted by molar-refractivity contribution is 5.83. The van der Waals surface area contributed by atoms with Gasteiger partial charge in [-0.1, -0.05) is 26.0 Å². The topological polar surface area (TPSA) is 47.6 Å². The molecule has 1 saturated heterocycles. The second-order valence-electron chi connectivity index (χ2n) is 6.15. The SMILES string of the molecule is CC(C)C(C(=O)NCCC1(C)OCCO1)c1ccc(F)cc1. The molecule has 1 amide bonds. The fourth-order valence-electron chi connectivity index (χ4n) is 2.73. The fraction of sp³-hybridized carbons (Fsp3) is 0.588. The Labute approximate surface area is 131 Å². The van der Waals surface area contributed by atoms with E-state index in [1.165, 1.54) is 12.1 Å². The van der Waals surface area contributed by atoms with Crippen molar-refractivity contribution in [1.82, 2.24) is 5.32 Å². The molecule has 1 unspecified atom stereocenters. The van der Waals surface area contributed by atoms with E-state index in [9.17, 15) is 9.18 Å². The zero-order valence-corrected chi connectivity index (χ0v) is 13.4. The van der Waals surface area contributed by atoms with Crippen molar-refractivity contribution in [1.29, 1.82) is 0 Å². The summed E-state index contributed by atoms with van der Waals surface area (Å²) in [6.45, 7) is 7.52. The highest BCUT2D eigenvalue weighted by Gasteiger charge is 2.31. The number of halogens is 1. The van der Waals surface area contributed by atoms with E-state index in [0.717, 1.165) is 5.56 Å². The van der Waals surface area contributed by atoms with Gasteiger partial charge in [0.15, 0.2) is 5.79 Å². The molecular formula is C17H24FNO3. The van der Waals surface area contributed by atoms with Crippen molar-refractivity contribution in [3.63, 3.8) is 0 Å². The van der Waals surface area contributed by atoms with Crippen LogP contribution in [0.5, 0.6) is 0 Å². The molecule has 1 aliphatic heterocycles. The highest BCUT2D eigenvalue weighted by atomic mass is 19.1. The molecule has 1 aliphatic rings. The average molecular weight is 309 g/mol. The number of hydrogen-bond donors (Lipinski definition) is 1. The van der Waals surface area contributed by atoms with Crippen molar-refractivity contribution < 1.29 is 18.7 Å². The molecule has 22 heavy (non-hydrogen) atoms. The van der Waals surface area contributed by atoms with Crippen LogP contribution in [0.15, 0.2) is 24.3 Å². The van der Waals surface area contributed by atoms with Crippen LogP contribution < -0.4 is 5.32 Å². The summed E-state index contributed by atoms with van der Waals surface area (Å²) in [5, 5.41) is 2.94. The molecule has 0 aromatic heterocycles. The molecule has 1 N–H and O–H groups in total. The van der Waals surface area contributed by atoms with E-state index in [2.05, 4.69) is 5.32 Å². The third-order valence-electron chi connectivity index (χ3n) is 3.95. The van der Waals surface area contributed by atoms with Gasteiger partial charge in [0.1, 0.15) is 5.82 Å². The summed E-state index contributed by atoms with van der Waals surface area (Å²) in [6.07, 6.45) is 0.604. The van der Waals surface area contributed by atoms with E-state index in [0.29, 0.717) is 26.2 Å². The Morgan fingerprint density at radius 1 is 1.27 bits per heavy atom. The van der Waals surface area contributed by atoms with E-state index < -0.39 is 5.79 Å². The van der Waals surface area contributed by atoms with Gasteiger partial charge in [0.05, 0.1) is 19.1 Å². The lowest BCUT2D eigenvalue weighted by Gasteiger charge is -2.24. The van der Waals surface area contributed by atoms with Gasteiger partial charge >= 0.3 is 0 Å². The Kier molecular flexibility index (Phi) is 5.53.